The summed E-state index contributed by atoms with van der Waals surface area (Å²) in [7, 11) is 0. The van der Waals surface area contributed by atoms with Crippen molar-refractivity contribution in [2.45, 2.75) is 0 Å². The van der Waals surface area contributed by atoms with Gasteiger partial charge in [0.2, 0.25) is 0 Å². The quantitative estimate of drug-likeness (QED) is 0.193. The first-order valence-electron chi connectivity index (χ1n) is 16.3. The van der Waals surface area contributed by atoms with Gasteiger partial charge in [-0.2, -0.15) is 15.8 Å². The fourth-order valence-corrected chi connectivity index (χ4v) is 7.42. The van der Waals surface area contributed by atoms with Crippen LogP contribution in [0.3, 0.4) is 0 Å². The number of hydrogen-bond acceptors (Lipinski definition) is 3. The van der Waals surface area contributed by atoms with Crippen LogP contribution in [0.15, 0.2) is 152 Å². The van der Waals surface area contributed by atoms with Crippen LogP contribution in [-0.2, 0) is 0 Å². The van der Waals surface area contributed by atoms with Crippen molar-refractivity contribution < 1.29 is 0 Å². The Morgan fingerprint density at radius 2 is 0.860 bits per heavy atom. The van der Waals surface area contributed by atoms with E-state index >= 15 is 0 Å². The highest BCUT2D eigenvalue weighted by Crippen LogP contribution is 2.39. The topological polar surface area (TPSA) is 81.2 Å². The van der Waals surface area contributed by atoms with Crippen molar-refractivity contribution in [3.05, 3.63) is 168 Å². The summed E-state index contributed by atoms with van der Waals surface area (Å²) in [5.74, 6) is 0. The van der Waals surface area contributed by atoms with Crippen LogP contribution in [0.4, 0.5) is 0 Å². The molecule has 0 aliphatic heterocycles. The van der Waals surface area contributed by atoms with Gasteiger partial charge in [-0.15, -0.1) is 0 Å². The van der Waals surface area contributed by atoms with Crippen molar-refractivity contribution >= 4 is 43.6 Å². The second kappa shape index (κ2) is 11.4. The molecule has 0 amide bonds. The van der Waals surface area contributed by atoms with Gasteiger partial charge in [0.15, 0.2) is 0 Å². The third kappa shape index (κ3) is 4.31. The summed E-state index contributed by atoms with van der Waals surface area (Å²) in [6, 6.07) is 57.9. The van der Waals surface area contributed by atoms with E-state index in [1.165, 1.54) is 10.8 Å². The molecule has 0 aliphatic carbocycles. The van der Waals surface area contributed by atoms with Crippen molar-refractivity contribution in [1.29, 1.82) is 15.8 Å². The summed E-state index contributed by atoms with van der Waals surface area (Å²) >= 11 is 0. The Balaban J connectivity index is 1.21. The van der Waals surface area contributed by atoms with Crippen molar-refractivity contribution in [2.24, 2.45) is 0 Å². The highest BCUT2D eigenvalue weighted by Gasteiger charge is 2.19. The van der Waals surface area contributed by atoms with E-state index < -0.39 is 0 Å². The SMILES string of the molecule is N#Cc1ccc2c(c1)c1ccccc1n2-c1cc(-c2ccc(-c3ccccc3-n3c4ccccc4c4ccccc43)cc2)c(C#N)cc1C#N. The van der Waals surface area contributed by atoms with Crippen LogP contribution in [0.25, 0.3) is 77.2 Å². The van der Waals surface area contributed by atoms with Gasteiger partial charge in [0.25, 0.3) is 0 Å². The van der Waals surface area contributed by atoms with Gasteiger partial charge in [-0.1, -0.05) is 97.1 Å². The largest absolute Gasteiger partial charge is 0.309 e. The summed E-state index contributed by atoms with van der Waals surface area (Å²) in [5.41, 5.74) is 11.0. The molecule has 0 unspecified atom stereocenters. The second-order valence-corrected chi connectivity index (χ2v) is 12.3. The van der Waals surface area contributed by atoms with E-state index in [0.717, 1.165) is 60.8 Å². The third-order valence-corrected chi connectivity index (χ3v) is 9.65. The molecule has 230 valence electrons. The van der Waals surface area contributed by atoms with E-state index in [1.54, 1.807) is 12.1 Å². The van der Waals surface area contributed by atoms with E-state index in [2.05, 4.69) is 124 Å². The van der Waals surface area contributed by atoms with Gasteiger partial charge in [0.1, 0.15) is 6.07 Å². The van der Waals surface area contributed by atoms with Gasteiger partial charge >= 0.3 is 0 Å². The maximum absolute atomic E-state index is 10.3. The van der Waals surface area contributed by atoms with Crippen LogP contribution >= 0.6 is 0 Å². The molecular formula is C45H25N5. The van der Waals surface area contributed by atoms with Crippen LogP contribution in [0, 0.1) is 34.0 Å². The summed E-state index contributed by atoms with van der Waals surface area (Å²) in [6.07, 6.45) is 0. The van der Waals surface area contributed by atoms with E-state index in [-0.39, 0.29) is 0 Å². The Labute approximate surface area is 287 Å². The van der Waals surface area contributed by atoms with E-state index in [0.29, 0.717) is 22.4 Å². The normalized spacial score (nSPS) is 11.1. The third-order valence-electron chi connectivity index (χ3n) is 9.65. The van der Waals surface area contributed by atoms with Crippen molar-refractivity contribution in [3.8, 4) is 51.8 Å². The summed E-state index contributed by atoms with van der Waals surface area (Å²) < 4.78 is 4.39. The zero-order chi connectivity index (χ0) is 33.8. The number of hydrogen-bond donors (Lipinski definition) is 0. The first kappa shape index (κ1) is 28.8. The predicted molar refractivity (Wildman–Crippen MR) is 200 cm³/mol. The lowest BCUT2D eigenvalue weighted by molar-refractivity contribution is 1.17. The molecule has 0 N–H and O–H groups in total. The van der Waals surface area contributed by atoms with Gasteiger partial charge in [-0.3, -0.25) is 0 Å². The molecule has 2 heterocycles. The molecule has 0 saturated carbocycles. The maximum Gasteiger partial charge on any atom is 0.101 e. The van der Waals surface area contributed by atoms with Gasteiger partial charge in [0.05, 0.1) is 62.3 Å². The molecule has 50 heavy (non-hydrogen) atoms. The van der Waals surface area contributed by atoms with Crippen molar-refractivity contribution in [2.75, 3.05) is 0 Å². The number of nitrogens with zero attached hydrogens (tertiary/aromatic N) is 5. The molecule has 0 atom stereocenters. The number of benzene rings is 7. The molecule has 0 fully saturated rings. The highest BCUT2D eigenvalue weighted by molar-refractivity contribution is 6.11. The molecule has 0 bridgehead atoms. The lowest BCUT2D eigenvalue weighted by Gasteiger charge is -2.16. The molecule has 5 heteroatoms. The molecule has 0 radical (unpaired) electrons. The molecule has 0 saturated heterocycles. The predicted octanol–water partition coefficient (Wildman–Crippen LogP) is 10.8. The van der Waals surface area contributed by atoms with Gasteiger partial charge in [-0.05, 0) is 65.7 Å². The fraction of sp³-hybridized carbons (Fsp3) is 0. The van der Waals surface area contributed by atoms with Crippen molar-refractivity contribution in [3.63, 3.8) is 0 Å². The zero-order valence-corrected chi connectivity index (χ0v) is 26.7. The van der Waals surface area contributed by atoms with Crippen LogP contribution in [-0.4, -0.2) is 9.13 Å². The Hall–Kier alpha value is -7.39. The molecule has 0 spiro atoms. The number of para-hydroxylation sites is 4. The average molecular weight is 636 g/mol. The van der Waals surface area contributed by atoms with Crippen LogP contribution < -0.4 is 0 Å². The highest BCUT2D eigenvalue weighted by atomic mass is 15.0. The Bertz CT molecular complexity index is 2900. The lowest BCUT2D eigenvalue weighted by atomic mass is 9.94. The molecule has 5 nitrogen and oxygen atoms in total. The molecule has 9 aromatic rings. The molecular weight excluding hydrogens is 611 g/mol. The van der Waals surface area contributed by atoms with E-state index in [1.807, 2.05) is 42.5 Å². The molecule has 2 aromatic heterocycles. The first-order chi connectivity index (χ1) is 24.7. The molecule has 7 aromatic carbocycles. The van der Waals surface area contributed by atoms with Crippen molar-refractivity contribution in [1.82, 2.24) is 9.13 Å². The molecule has 9 rings (SSSR count). The Morgan fingerprint density at radius 3 is 1.46 bits per heavy atom. The average Bonchev–Trinajstić information content (AvgIpc) is 3.70. The minimum atomic E-state index is 0.397. The minimum Gasteiger partial charge on any atom is -0.309 e. The number of rotatable bonds is 4. The van der Waals surface area contributed by atoms with Crippen LogP contribution in [0.5, 0.6) is 0 Å². The van der Waals surface area contributed by atoms with Crippen LogP contribution in [0.1, 0.15) is 16.7 Å². The maximum atomic E-state index is 10.3. The Kier molecular flexibility index (Phi) is 6.56. The summed E-state index contributed by atoms with van der Waals surface area (Å²) in [5, 5.41) is 34.5. The number of aromatic nitrogens is 2. The fourth-order valence-electron chi connectivity index (χ4n) is 7.42. The monoisotopic (exact) mass is 635 g/mol. The van der Waals surface area contributed by atoms with Gasteiger partial charge in [-0.25, -0.2) is 0 Å². The van der Waals surface area contributed by atoms with E-state index in [4.69, 9.17) is 0 Å². The lowest BCUT2D eigenvalue weighted by Crippen LogP contribution is -2.00. The first-order valence-corrected chi connectivity index (χ1v) is 16.3. The standard InChI is InChI=1S/C45H25N5/c46-26-29-17-22-44-39(23-29)37-12-4-8-16-43(37)50(44)45-25-38(32(27-47)24-33(45)28-48)31-20-18-30(19-21-31)34-9-1-5-13-40(34)49-41-14-6-2-10-35(41)36-11-3-7-15-42(36)49/h1-25H. The van der Waals surface area contributed by atoms with Gasteiger partial charge in [0, 0.05) is 32.7 Å². The molecule has 0 aliphatic rings. The van der Waals surface area contributed by atoms with Crippen LogP contribution in [0.2, 0.25) is 0 Å². The Morgan fingerprint density at radius 1 is 0.360 bits per heavy atom. The minimum absolute atomic E-state index is 0.397. The van der Waals surface area contributed by atoms with Gasteiger partial charge < -0.3 is 9.13 Å². The summed E-state index contributed by atoms with van der Waals surface area (Å²) in [4.78, 5) is 0. The van der Waals surface area contributed by atoms with E-state index in [9.17, 15) is 15.8 Å². The smallest absolute Gasteiger partial charge is 0.101 e. The zero-order valence-electron chi connectivity index (χ0n) is 26.7. The summed E-state index contributed by atoms with van der Waals surface area (Å²) in [6.45, 7) is 0. The second-order valence-electron chi connectivity index (χ2n) is 12.3. The number of fused-ring (bicyclic) bond motifs is 6. The number of nitriles is 3.